The van der Waals surface area contributed by atoms with Crippen LogP contribution in [0.25, 0.3) is 0 Å². The molecule has 20 heavy (non-hydrogen) atoms. The van der Waals surface area contributed by atoms with Gasteiger partial charge in [-0.1, -0.05) is 19.8 Å². The van der Waals surface area contributed by atoms with Crippen molar-refractivity contribution in [3.63, 3.8) is 0 Å². The standard InChI is InChI=1S/C13H23N3O4/c1-2-3-7-16(8-10(14)17)12(20)15-9-13(11(18)19)5-4-6-13/h2-9H2,1H3,(H2,14,17)(H,15,20)(H,18,19). The fourth-order valence-corrected chi connectivity index (χ4v) is 2.22. The highest BCUT2D eigenvalue weighted by Crippen LogP contribution is 2.40. The van der Waals surface area contributed by atoms with Gasteiger partial charge in [-0.3, -0.25) is 9.59 Å². The third-order valence-corrected chi connectivity index (χ3v) is 3.76. The lowest BCUT2D eigenvalue weighted by Crippen LogP contribution is -2.52. The first-order chi connectivity index (χ1) is 9.41. The zero-order valence-electron chi connectivity index (χ0n) is 11.9. The highest BCUT2D eigenvalue weighted by molar-refractivity contribution is 5.83. The minimum absolute atomic E-state index is 0.0998. The van der Waals surface area contributed by atoms with Crippen LogP contribution in [0.15, 0.2) is 0 Å². The third kappa shape index (κ3) is 4.11. The number of aliphatic carboxylic acids is 1. The Labute approximate surface area is 118 Å². The van der Waals surface area contributed by atoms with Crippen molar-refractivity contribution in [2.45, 2.75) is 39.0 Å². The zero-order valence-corrected chi connectivity index (χ0v) is 11.9. The van der Waals surface area contributed by atoms with Gasteiger partial charge in [0.05, 0.1) is 5.41 Å². The molecule has 0 aliphatic heterocycles. The summed E-state index contributed by atoms with van der Waals surface area (Å²) in [6.45, 7) is 2.37. The molecule has 0 unspecified atom stereocenters. The van der Waals surface area contributed by atoms with Gasteiger partial charge in [0.25, 0.3) is 0 Å². The predicted octanol–water partition coefficient (Wildman–Crippen LogP) is 0.538. The van der Waals surface area contributed by atoms with Crippen molar-refractivity contribution < 1.29 is 19.5 Å². The quantitative estimate of drug-likeness (QED) is 0.604. The molecule has 1 saturated carbocycles. The SMILES string of the molecule is CCCCN(CC(N)=O)C(=O)NCC1(C(=O)O)CCC1. The zero-order chi connectivity index (χ0) is 15.2. The molecule has 1 rings (SSSR count). The second-order valence-corrected chi connectivity index (χ2v) is 5.34. The van der Waals surface area contributed by atoms with Crippen LogP contribution in [0.2, 0.25) is 0 Å². The van der Waals surface area contributed by atoms with E-state index in [1.165, 1.54) is 4.90 Å². The van der Waals surface area contributed by atoms with Crippen molar-refractivity contribution in [2.75, 3.05) is 19.6 Å². The number of primary amides is 1. The van der Waals surface area contributed by atoms with Crippen LogP contribution < -0.4 is 11.1 Å². The van der Waals surface area contributed by atoms with Crippen LogP contribution in [0.5, 0.6) is 0 Å². The second-order valence-electron chi connectivity index (χ2n) is 5.34. The molecule has 114 valence electrons. The number of nitrogens with two attached hydrogens (primary N) is 1. The van der Waals surface area contributed by atoms with Crippen molar-refractivity contribution in [3.05, 3.63) is 0 Å². The lowest BCUT2D eigenvalue weighted by molar-refractivity contribution is -0.153. The number of hydrogen-bond acceptors (Lipinski definition) is 3. The minimum Gasteiger partial charge on any atom is -0.481 e. The van der Waals surface area contributed by atoms with E-state index in [0.29, 0.717) is 19.4 Å². The molecular weight excluding hydrogens is 262 g/mol. The number of rotatable bonds is 8. The molecule has 0 spiro atoms. The summed E-state index contributed by atoms with van der Waals surface area (Å²) in [5, 5.41) is 11.8. The van der Waals surface area contributed by atoms with E-state index in [2.05, 4.69) is 5.32 Å². The van der Waals surface area contributed by atoms with E-state index in [0.717, 1.165) is 19.3 Å². The molecule has 7 nitrogen and oxygen atoms in total. The van der Waals surface area contributed by atoms with E-state index in [1.807, 2.05) is 6.92 Å². The summed E-state index contributed by atoms with van der Waals surface area (Å²) in [5.41, 5.74) is 4.28. The first-order valence-corrected chi connectivity index (χ1v) is 6.96. The Bertz CT molecular complexity index is 380. The Morgan fingerprint density at radius 3 is 2.40 bits per heavy atom. The van der Waals surface area contributed by atoms with Crippen molar-refractivity contribution in [3.8, 4) is 0 Å². The topological polar surface area (TPSA) is 113 Å². The molecule has 1 aliphatic rings. The number of carbonyl (C=O) groups excluding carboxylic acids is 2. The van der Waals surface area contributed by atoms with Gasteiger partial charge >= 0.3 is 12.0 Å². The molecule has 0 bridgehead atoms. The Morgan fingerprint density at radius 1 is 1.35 bits per heavy atom. The fraction of sp³-hybridized carbons (Fsp3) is 0.769. The van der Waals surface area contributed by atoms with E-state index in [1.54, 1.807) is 0 Å². The van der Waals surface area contributed by atoms with Gasteiger partial charge in [-0.25, -0.2) is 4.79 Å². The first-order valence-electron chi connectivity index (χ1n) is 6.96. The van der Waals surface area contributed by atoms with Crippen LogP contribution >= 0.6 is 0 Å². The maximum atomic E-state index is 12.0. The number of hydrogen-bond donors (Lipinski definition) is 3. The molecule has 1 fully saturated rings. The summed E-state index contributed by atoms with van der Waals surface area (Å²) in [7, 11) is 0. The van der Waals surface area contributed by atoms with Crippen LogP contribution in [0.3, 0.4) is 0 Å². The van der Waals surface area contributed by atoms with E-state index in [9.17, 15) is 19.5 Å². The fourth-order valence-electron chi connectivity index (χ4n) is 2.22. The molecule has 7 heteroatoms. The highest BCUT2D eigenvalue weighted by Gasteiger charge is 2.44. The Kier molecular flexibility index (Phi) is 5.79. The molecule has 0 aromatic rings. The largest absolute Gasteiger partial charge is 0.481 e. The summed E-state index contributed by atoms with van der Waals surface area (Å²) in [6.07, 6.45) is 3.68. The van der Waals surface area contributed by atoms with E-state index >= 15 is 0 Å². The normalized spacial score (nSPS) is 16.1. The van der Waals surface area contributed by atoms with Crippen molar-refractivity contribution in [1.82, 2.24) is 10.2 Å². The van der Waals surface area contributed by atoms with Crippen LogP contribution in [0, 0.1) is 5.41 Å². The summed E-state index contributed by atoms with van der Waals surface area (Å²) in [4.78, 5) is 35.5. The van der Waals surface area contributed by atoms with Crippen LogP contribution in [0.4, 0.5) is 4.79 Å². The molecule has 0 radical (unpaired) electrons. The van der Waals surface area contributed by atoms with Gasteiger partial charge in [0.1, 0.15) is 6.54 Å². The van der Waals surface area contributed by atoms with E-state index in [-0.39, 0.29) is 13.1 Å². The maximum absolute atomic E-state index is 12.0. The Morgan fingerprint density at radius 2 is 2.00 bits per heavy atom. The molecular formula is C13H23N3O4. The molecule has 0 saturated heterocycles. The number of carboxylic acids is 1. The monoisotopic (exact) mass is 285 g/mol. The Balaban J connectivity index is 2.52. The molecule has 0 heterocycles. The average molecular weight is 285 g/mol. The van der Waals surface area contributed by atoms with Gasteiger partial charge < -0.3 is 21.1 Å². The predicted molar refractivity (Wildman–Crippen MR) is 73.0 cm³/mol. The average Bonchev–Trinajstić information content (AvgIpc) is 2.31. The van der Waals surface area contributed by atoms with Gasteiger partial charge in [0, 0.05) is 13.1 Å². The van der Waals surface area contributed by atoms with Gasteiger partial charge in [-0.05, 0) is 19.3 Å². The maximum Gasteiger partial charge on any atom is 0.317 e. The number of nitrogens with one attached hydrogen (secondary N) is 1. The van der Waals surface area contributed by atoms with Crippen LogP contribution in [-0.4, -0.2) is 47.5 Å². The number of amides is 3. The molecule has 0 aromatic heterocycles. The molecule has 4 N–H and O–H groups in total. The van der Waals surface area contributed by atoms with Crippen LogP contribution in [-0.2, 0) is 9.59 Å². The van der Waals surface area contributed by atoms with Crippen LogP contribution in [0.1, 0.15) is 39.0 Å². The number of urea groups is 1. The lowest BCUT2D eigenvalue weighted by Gasteiger charge is -2.38. The number of nitrogens with zero attached hydrogens (tertiary/aromatic N) is 1. The van der Waals surface area contributed by atoms with E-state index < -0.39 is 23.3 Å². The lowest BCUT2D eigenvalue weighted by atomic mass is 9.69. The van der Waals surface area contributed by atoms with Gasteiger partial charge in [0.15, 0.2) is 0 Å². The Hall–Kier alpha value is -1.79. The summed E-state index contributed by atoms with van der Waals surface area (Å²) in [6, 6.07) is -0.426. The smallest absolute Gasteiger partial charge is 0.317 e. The second kappa shape index (κ2) is 7.12. The van der Waals surface area contributed by atoms with Crippen molar-refractivity contribution >= 4 is 17.9 Å². The van der Waals surface area contributed by atoms with Gasteiger partial charge in [-0.15, -0.1) is 0 Å². The van der Waals surface area contributed by atoms with Crippen molar-refractivity contribution in [2.24, 2.45) is 11.1 Å². The molecule has 0 aromatic carbocycles. The highest BCUT2D eigenvalue weighted by atomic mass is 16.4. The molecule has 1 aliphatic carbocycles. The van der Waals surface area contributed by atoms with Gasteiger partial charge in [0.2, 0.25) is 5.91 Å². The third-order valence-electron chi connectivity index (χ3n) is 3.76. The van der Waals surface area contributed by atoms with Crippen molar-refractivity contribution in [1.29, 1.82) is 0 Å². The summed E-state index contributed by atoms with van der Waals surface area (Å²) in [5.74, 6) is -1.45. The summed E-state index contributed by atoms with van der Waals surface area (Å²) >= 11 is 0. The minimum atomic E-state index is -0.876. The molecule has 0 atom stereocenters. The number of carboxylic acid groups (broad SMARTS) is 1. The number of carbonyl (C=O) groups is 3. The van der Waals surface area contributed by atoms with Gasteiger partial charge in [-0.2, -0.15) is 0 Å². The molecule has 3 amide bonds. The summed E-state index contributed by atoms with van der Waals surface area (Å²) < 4.78 is 0. The van der Waals surface area contributed by atoms with E-state index in [4.69, 9.17) is 5.73 Å². The first kappa shape index (κ1) is 16.3. The number of unbranched alkanes of at least 4 members (excludes halogenated alkanes) is 1.